The van der Waals surface area contributed by atoms with Crippen molar-refractivity contribution in [3.8, 4) is 0 Å². The fourth-order valence-electron chi connectivity index (χ4n) is 0.745. The molecule has 0 amide bonds. The van der Waals surface area contributed by atoms with E-state index in [0.717, 1.165) is 0 Å². The zero-order valence-electron chi connectivity index (χ0n) is 7.49. The molecule has 0 radical (unpaired) electrons. The zero-order valence-corrected chi connectivity index (χ0v) is 11.0. The predicted octanol–water partition coefficient (Wildman–Crippen LogP) is 0.105. The first-order chi connectivity index (χ1) is 5.12. The molecule has 11 heavy (non-hydrogen) atoms. The Morgan fingerprint density at radius 1 is 0.545 bits per heavy atom. The summed E-state index contributed by atoms with van der Waals surface area (Å²) in [4.78, 5) is 0. The zero-order chi connectivity index (χ0) is 8.98. The molecule has 0 aliphatic heterocycles. The molecule has 0 atom stereocenters. The standard InChI is InChI=1S/5CH3O.Bi/c5*1-2;/h5*1H3;/q5*-1;+5. The van der Waals surface area contributed by atoms with Crippen molar-refractivity contribution in [1.82, 2.24) is 0 Å². The van der Waals surface area contributed by atoms with E-state index in [4.69, 9.17) is 14.1 Å². The quantitative estimate of drug-likeness (QED) is 0.648. The van der Waals surface area contributed by atoms with Crippen LogP contribution in [0.5, 0.6) is 0 Å². The average molecular weight is 364 g/mol. The molecule has 0 aliphatic carbocycles. The van der Waals surface area contributed by atoms with Gasteiger partial charge in [-0.05, 0) is 0 Å². The molecule has 0 aromatic heterocycles. The first-order valence-corrected chi connectivity index (χ1v) is 10.1. The molecule has 0 bridgehead atoms. The van der Waals surface area contributed by atoms with Gasteiger partial charge in [0.15, 0.2) is 0 Å². The van der Waals surface area contributed by atoms with Gasteiger partial charge >= 0.3 is 70.6 Å². The van der Waals surface area contributed by atoms with Crippen LogP contribution in [-0.2, 0) is 14.1 Å². The fraction of sp³-hybridized carbons (Fsp3) is 1.00. The minimum absolute atomic E-state index is 1.44. The van der Waals surface area contributed by atoms with E-state index in [1.54, 1.807) is 0 Å². The van der Waals surface area contributed by atoms with Gasteiger partial charge in [-0.25, -0.2) is 0 Å². The Hall–Kier alpha value is 0.683. The maximum absolute atomic E-state index is 5.05. The van der Waals surface area contributed by atoms with E-state index in [0.29, 0.717) is 0 Å². The third-order valence-corrected chi connectivity index (χ3v) is 13.1. The van der Waals surface area contributed by atoms with E-state index in [1.807, 2.05) is 0 Å². The summed E-state index contributed by atoms with van der Waals surface area (Å²) in [6.07, 6.45) is 0. The molecule has 0 saturated heterocycles. The summed E-state index contributed by atoms with van der Waals surface area (Å²) >= 11 is -4.61. The molecule has 0 aliphatic rings. The molecular weight excluding hydrogens is 349 g/mol. The first kappa shape index (κ1) is 11.7. The molecule has 0 spiro atoms. The van der Waals surface area contributed by atoms with Gasteiger partial charge < -0.3 is 0 Å². The Morgan fingerprint density at radius 2 is 0.727 bits per heavy atom. The van der Waals surface area contributed by atoms with Crippen LogP contribution in [0.15, 0.2) is 0 Å². The third-order valence-electron chi connectivity index (χ3n) is 1.49. The van der Waals surface area contributed by atoms with Crippen molar-refractivity contribution in [1.29, 1.82) is 0 Å². The van der Waals surface area contributed by atoms with E-state index >= 15 is 0 Å². The summed E-state index contributed by atoms with van der Waals surface area (Å²) in [5, 5.41) is 0. The summed E-state index contributed by atoms with van der Waals surface area (Å²) in [6.45, 7) is 0. The molecular formula is C5H15BiO5. The van der Waals surface area contributed by atoms with E-state index in [1.165, 1.54) is 35.5 Å². The molecule has 0 saturated carbocycles. The fourth-order valence-corrected chi connectivity index (χ4v) is 6.54. The van der Waals surface area contributed by atoms with E-state index in [-0.39, 0.29) is 0 Å². The second-order valence-electron chi connectivity index (χ2n) is 1.66. The van der Waals surface area contributed by atoms with Crippen molar-refractivity contribution in [2.24, 2.45) is 0 Å². The van der Waals surface area contributed by atoms with E-state index in [2.05, 4.69) is 0 Å². The van der Waals surface area contributed by atoms with Crippen LogP contribution in [0.4, 0.5) is 0 Å². The van der Waals surface area contributed by atoms with Gasteiger partial charge in [0, 0.05) is 0 Å². The molecule has 0 aromatic carbocycles. The second-order valence-corrected chi connectivity index (χ2v) is 14.6. The molecule has 0 heterocycles. The monoisotopic (exact) mass is 364 g/mol. The van der Waals surface area contributed by atoms with Crippen molar-refractivity contribution < 1.29 is 14.1 Å². The topological polar surface area (TPSA) is 46.2 Å². The summed E-state index contributed by atoms with van der Waals surface area (Å²) < 4.78 is 25.2. The van der Waals surface area contributed by atoms with Gasteiger partial charge in [0.25, 0.3) is 0 Å². The van der Waals surface area contributed by atoms with Crippen LogP contribution < -0.4 is 0 Å². The van der Waals surface area contributed by atoms with Gasteiger partial charge in [0.1, 0.15) is 0 Å². The van der Waals surface area contributed by atoms with Crippen molar-refractivity contribution in [2.45, 2.75) is 0 Å². The number of rotatable bonds is 5. The van der Waals surface area contributed by atoms with Crippen LogP contribution in [-0.4, -0.2) is 56.5 Å². The van der Waals surface area contributed by atoms with Crippen LogP contribution in [0.1, 0.15) is 0 Å². The molecule has 0 unspecified atom stereocenters. The summed E-state index contributed by atoms with van der Waals surface area (Å²) in [5.74, 6) is 0. The van der Waals surface area contributed by atoms with Crippen LogP contribution >= 0.6 is 0 Å². The van der Waals surface area contributed by atoms with Crippen LogP contribution in [0.25, 0.3) is 0 Å². The third kappa shape index (κ3) is 1.88. The Kier molecular flexibility index (Phi) is 4.33. The number of hydrogen-bond acceptors (Lipinski definition) is 5. The Labute approximate surface area is 70.8 Å². The van der Waals surface area contributed by atoms with E-state index < -0.39 is 21.0 Å². The Bertz CT molecular complexity index is 87.2. The van der Waals surface area contributed by atoms with Crippen molar-refractivity contribution >= 4 is 21.0 Å². The van der Waals surface area contributed by atoms with Crippen molar-refractivity contribution in [3.05, 3.63) is 0 Å². The first-order valence-electron chi connectivity index (χ1n) is 2.95. The van der Waals surface area contributed by atoms with Crippen molar-refractivity contribution in [3.63, 3.8) is 0 Å². The van der Waals surface area contributed by atoms with Gasteiger partial charge in [-0.3, -0.25) is 0 Å². The minimum atomic E-state index is -4.61. The molecule has 6 heteroatoms. The molecule has 70 valence electrons. The predicted molar refractivity (Wildman–Crippen MR) is 40.8 cm³/mol. The number of hydrogen-bond donors (Lipinski definition) is 0. The molecule has 5 nitrogen and oxygen atoms in total. The van der Waals surface area contributed by atoms with E-state index in [9.17, 15) is 0 Å². The molecule has 0 aromatic rings. The van der Waals surface area contributed by atoms with Gasteiger partial charge in [0.2, 0.25) is 0 Å². The summed E-state index contributed by atoms with van der Waals surface area (Å²) in [6, 6.07) is 0. The van der Waals surface area contributed by atoms with Gasteiger partial charge in [-0.15, -0.1) is 0 Å². The van der Waals surface area contributed by atoms with Gasteiger partial charge in [-0.2, -0.15) is 0 Å². The SMILES string of the molecule is C[O][Bi]([O]C)([O]C)([O]C)[O]C. The van der Waals surface area contributed by atoms with Crippen LogP contribution in [0, 0.1) is 0 Å². The summed E-state index contributed by atoms with van der Waals surface area (Å²) in [5.41, 5.74) is 0. The van der Waals surface area contributed by atoms with Gasteiger partial charge in [-0.1, -0.05) is 0 Å². The second kappa shape index (κ2) is 4.07. The van der Waals surface area contributed by atoms with Crippen LogP contribution in [0.2, 0.25) is 0 Å². The Morgan fingerprint density at radius 3 is 0.727 bits per heavy atom. The average Bonchev–Trinajstić information content (AvgIpc) is 2.12. The molecule has 0 rings (SSSR count). The van der Waals surface area contributed by atoms with Crippen LogP contribution in [0.3, 0.4) is 0 Å². The molecule has 0 N–H and O–H groups in total. The van der Waals surface area contributed by atoms with Crippen molar-refractivity contribution in [2.75, 3.05) is 35.5 Å². The summed E-state index contributed by atoms with van der Waals surface area (Å²) in [7, 11) is 7.19. The normalized spacial score (nSPS) is 15.9. The maximum atomic E-state index is 5.05. The Balaban J connectivity index is 4.67. The van der Waals surface area contributed by atoms with Gasteiger partial charge in [0.05, 0.1) is 0 Å². The molecule has 0 fully saturated rings.